The Balaban J connectivity index is 1.30. The largest absolute Gasteiger partial charge is 0.491 e. The van der Waals surface area contributed by atoms with E-state index in [1.165, 1.54) is 57.8 Å². The summed E-state index contributed by atoms with van der Waals surface area (Å²) in [5.41, 5.74) is 0. The van der Waals surface area contributed by atoms with Gasteiger partial charge in [0.1, 0.15) is 12.4 Å². The summed E-state index contributed by atoms with van der Waals surface area (Å²) < 4.78 is 44.2. The van der Waals surface area contributed by atoms with Crippen LogP contribution in [0.1, 0.15) is 84.0 Å². The van der Waals surface area contributed by atoms with Crippen LogP contribution in [0.3, 0.4) is 0 Å². The summed E-state index contributed by atoms with van der Waals surface area (Å²) in [5.74, 6) is 0.854. The van der Waals surface area contributed by atoms with Crippen LogP contribution in [0.2, 0.25) is 0 Å². The molecule has 0 aromatic heterocycles. The van der Waals surface area contributed by atoms with E-state index < -0.39 is 7.82 Å². The Bertz CT molecular complexity index is 936. The quantitative estimate of drug-likeness (QED) is 0.0778. The summed E-state index contributed by atoms with van der Waals surface area (Å²) in [6.45, 7) is 5.29. The van der Waals surface area contributed by atoms with Crippen molar-refractivity contribution in [2.45, 2.75) is 84.0 Å². The number of fused-ring (bicyclic) bond motifs is 1. The van der Waals surface area contributed by atoms with Crippen LogP contribution in [0.5, 0.6) is 5.75 Å². The molecule has 0 radical (unpaired) electrons. The Labute approximate surface area is 247 Å². The Morgan fingerprint density at radius 3 is 1.68 bits per heavy atom. The maximum atomic E-state index is 11.9. The number of phosphoric ester groups is 1. The summed E-state index contributed by atoms with van der Waals surface area (Å²) in [5, 5.41) is 2.24. The molecular formula is C32H53O8P. The summed E-state index contributed by atoms with van der Waals surface area (Å²) in [6, 6.07) is 14.1. The second kappa shape index (κ2) is 24.0. The smallest absolute Gasteiger partial charge is 0.472 e. The highest BCUT2D eigenvalue weighted by Crippen LogP contribution is 2.43. The van der Waals surface area contributed by atoms with Crippen molar-refractivity contribution in [1.82, 2.24) is 0 Å². The van der Waals surface area contributed by atoms with Crippen molar-refractivity contribution in [2.75, 3.05) is 59.5 Å². The Morgan fingerprint density at radius 2 is 1.05 bits per heavy atom. The third-order valence-electron chi connectivity index (χ3n) is 6.71. The van der Waals surface area contributed by atoms with Crippen LogP contribution in [0.25, 0.3) is 10.8 Å². The van der Waals surface area contributed by atoms with Crippen LogP contribution in [-0.2, 0) is 27.8 Å². The van der Waals surface area contributed by atoms with Crippen molar-refractivity contribution >= 4 is 18.6 Å². The number of hydrogen-bond acceptors (Lipinski definition) is 7. The highest BCUT2D eigenvalue weighted by atomic mass is 31.2. The molecule has 9 heteroatoms. The number of benzene rings is 2. The van der Waals surface area contributed by atoms with Gasteiger partial charge in [0.2, 0.25) is 0 Å². The van der Waals surface area contributed by atoms with Crippen molar-refractivity contribution in [3.05, 3.63) is 42.5 Å². The molecule has 1 N–H and O–H groups in total. The SMILES string of the molecule is CCCCCCCCCCCCCCOP(=O)(O)OCCOCCOCCOCCOc1cccc2ccccc12. The predicted molar refractivity (Wildman–Crippen MR) is 165 cm³/mol. The van der Waals surface area contributed by atoms with Gasteiger partial charge >= 0.3 is 7.82 Å². The normalized spacial score (nSPS) is 13.0. The number of ether oxygens (including phenoxy) is 4. The second-order valence-electron chi connectivity index (χ2n) is 10.2. The third kappa shape index (κ3) is 18.6. The molecule has 0 amide bonds. The van der Waals surface area contributed by atoms with Crippen molar-refractivity contribution in [3.8, 4) is 5.75 Å². The standard InChI is InChI=1S/C32H53O8P/c1-2-3-4-5-6-7-8-9-10-11-12-15-21-39-41(33,34)40-29-27-37-25-23-35-22-24-36-26-28-38-32-20-16-18-30-17-13-14-19-31(30)32/h13-14,16-20H,2-12,15,21-29H2,1H3,(H,33,34). The highest BCUT2D eigenvalue weighted by molar-refractivity contribution is 7.47. The van der Waals surface area contributed by atoms with Crippen LogP contribution in [0, 0.1) is 0 Å². The first-order valence-corrected chi connectivity index (χ1v) is 17.1. The number of rotatable bonds is 28. The molecule has 0 aliphatic rings. The minimum Gasteiger partial charge on any atom is -0.491 e. The van der Waals surface area contributed by atoms with E-state index in [9.17, 15) is 9.46 Å². The fourth-order valence-corrected chi connectivity index (χ4v) is 5.19. The topological polar surface area (TPSA) is 92.7 Å². The van der Waals surface area contributed by atoms with Crippen molar-refractivity contribution in [1.29, 1.82) is 0 Å². The van der Waals surface area contributed by atoms with Gasteiger partial charge in [-0.15, -0.1) is 0 Å². The van der Waals surface area contributed by atoms with Crippen molar-refractivity contribution in [2.24, 2.45) is 0 Å². The first-order chi connectivity index (χ1) is 20.1. The van der Waals surface area contributed by atoms with E-state index >= 15 is 0 Å². The van der Waals surface area contributed by atoms with Crippen molar-refractivity contribution in [3.63, 3.8) is 0 Å². The lowest BCUT2D eigenvalue weighted by atomic mass is 10.1. The molecule has 0 fully saturated rings. The first-order valence-electron chi connectivity index (χ1n) is 15.6. The molecule has 234 valence electrons. The highest BCUT2D eigenvalue weighted by Gasteiger charge is 2.20. The van der Waals surface area contributed by atoms with Gasteiger partial charge in [0, 0.05) is 5.39 Å². The van der Waals surface area contributed by atoms with Gasteiger partial charge < -0.3 is 23.8 Å². The van der Waals surface area contributed by atoms with E-state index in [4.69, 9.17) is 28.0 Å². The Hall–Kier alpha value is -1.51. The van der Waals surface area contributed by atoms with Gasteiger partial charge in [0.05, 0.1) is 52.9 Å². The molecular weight excluding hydrogens is 543 g/mol. The summed E-state index contributed by atoms with van der Waals surface area (Å²) >= 11 is 0. The zero-order valence-electron chi connectivity index (χ0n) is 25.1. The Morgan fingerprint density at radius 1 is 0.561 bits per heavy atom. The molecule has 1 atom stereocenters. The first kappa shape index (κ1) is 35.7. The van der Waals surface area contributed by atoms with Crippen LogP contribution in [-0.4, -0.2) is 64.4 Å². The number of phosphoric acid groups is 1. The fourth-order valence-electron chi connectivity index (χ4n) is 4.45. The molecule has 0 aliphatic carbocycles. The average Bonchev–Trinajstić information content (AvgIpc) is 2.98. The predicted octanol–water partition coefficient (Wildman–Crippen LogP) is 8.10. The number of hydrogen-bond donors (Lipinski definition) is 1. The van der Waals surface area contributed by atoms with Crippen LogP contribution in [0.4, 0.5) is 0 Å². The summed E-state index contributed by atoms with van der Waals surface area (Å²) in [7, 11) is -4.02. The second-order valence-corrected chi connectivity index (χ2v) is 11.6. The molecule has 0 bridgehead atoms. The van der Waals surface area contributed by atoms with Gasteiger partial charge in [-0.25, -0.2) is 4.57 Å². The van der Waals surface area contributed by atoms with Gasteiger partial charge in [-0.1, -0.05) is 114 Å². The van der Waals surface area contributed by atoms with E-state index in [0.29, 0.717) is 39.6 Å². The van der Waals surface area contributed by atoms with Gasteiger partial charge in [0.25, 0.3) is 0 Å². The van der Waals surface area contributed by atoms with E-state index in [-0.39, 0.29) is 19.8 Å². The molecule has 2 aromatic rings. The van der Waals surface area contributed by atoms with Crippen LogP contribution in [0.15, 0.2) is 42.5 Å². The molecule has 41 heavy (non-hydrogen) atoms. The molecule has 0 aliphatic heterocycles. The van der Waals surface area contributed by atoms with E-state index in [0.717, 1.165) is 35.8 Å². The van der Waals surface area contributed by atoms with Crippen LogP contribution < -0.4 is 4.74 Å². The molecule has 2 aromatic carbocycles. The summed E-state index contributed by atoms with van der Waals surface area (Å²) in [6.07, 6.45) is 14.8. The van der Waals surface area contributed by atoms with Crippen molar-refractivity contribution < 1.29 is 37.5 Å². The lowest BCUT2D eigenvalue weighted by Crippen LogP contribution is -2.13. The lowest BCUT2D eigenvalue weighted by Gasteiger charge is -2.12. The number of unbranched alkanes of at least 4 members (excludes halogenated alkanes) is 11. The van der Waals surface area contributed by atoms with Gasteiger partial charge in [-0.05, 0) is 17.9 Å². The molecule has 2 rings (SSSR count). The van der Waals surface area contributed by atoms with E-state index in [2.05, 4.69) is 19.1 Å². The minimum atomic E-state index is -4.02. The maximum absolute atomic E-state index is 11.9. The third-order valence-corrected chi connectivity index (χ3v) is 7.73. The minimum absolute atomic E-state index is 0.00790. The average molecular weight is 597 g/mol. The van der Waals surface area contributed by atoms with Crippen LogP contribution >= 0.6 is 7.82 Å². The Kier molecular flexibility index (Phi) is 20.9. The monoisotopic (exact) mass is 596 g/mol. The molecule has 0 spiro atoms. The summed E-state index contributed by atoms with van der Waals surface area (Å²) in [4.78, 5) is 9.77. The van der Waals surface area contributed by atoms with Gasteiger partial charge in [-0.3, -0.25) is 9.05 Å². The molecule has 1 unspecified atom stereocenters. The molecule has 0 saturated carbocycles. The zero-order chi connectivity index (χ0) is 29.3. The molecule has 8 nitrogen and oxygen atoms in total. The van der Waals surface area contributed by atoms with Gasteiger partial charge in [-0.2, -0.15) is 0 Å². The van der Waals surface area contributed by atoms with E-state index in [1.54, 1.807) is 0 Å². The van der Waals surface area contributed by atoms with Gasteiger partial charge in [0.15, 0.2) is 0 Å². The maximum Gasteiger partial charge on any atom is 0.472 e. The zero-order valence-corrected chi connectivity index (χ0v) is 26.0. The molecule has 0 saturated heterocycles. The fraction of sp³-hybridized carbons (Fsp3) is 0.688. The van der Waals surface area contributed by atoms with E-state index in [1.807, 2.05) is 30.3 Å². The molecule has 0 heterocycles. The lowest BCUT2D eigenvalue weighted by molar-refractivity contribution is 0.00283.